The van der Waals surface area contributed by atoms with Crippen LogP contribution in [-0.2, 0) is 11.2 Å². The van der Waals surface area contributed by atoms with Crippen LogP contribution in [0.1, 0.15) is 48.9 Å². The monoisotopic (exact) mass is 309 g/mol. The number of hydrogen-bond acceptors (Lipinski definition) is 1. The van der Waals surface area contributed by atoms with E-state index >= 15 is 0 Å². The highest BCUT2D eigenvalue weighted by Crippen LogP contribution is 2.21. The second-order valence-corrected chi connectivity index (χ2v) is 6.93. The van der Waals surface area contributed by atoms with E-state index in [1.165, 1.54) is 5.56 Å². The van der Waals surface area contributed by atoms with Crippen molar-refractivity contribution in [1.82, 2.24) is 0 Å². The van der Waals surface area contributed by atoms with Crippen LogP contribution in [0.25, 0.3) is 0 Å². The molecule has 0 aliphatic heterocycles. The maximum Gasteiger partial charge on any atom is 0.231 e. The van der Waals surface area contributed by atoms with E-state index in [0.717, 1.165) is 28.8 Å². The summed E-state index contributed by atoms with van der Waals surface area (Å²) < 4.78 is 0. The summed E-state index contributed by atoms with van der Waals surface area (Å²) in [6, 6.07) is 14.5. The average Bonchev–Trinajstić information content (AvgIpc) is 2.45. The Morgan fingerprint density at radius 3 is 2.04 bits per heavy atom. The summed E-state index contributed by atoms with van der Waals surface area (Å²) in [5, 5.41) is 3.03. The molecule has 2 aromatic rings. The molecule has 0 saturated heterocycles. The molecule has 2 aromatic carbocycles. The van der Waals surface area contributed by atoms with Crippen molar-refractivity contribution in [3.63, 3.8) is 0 Å². The lowest BCUT2D eigenvalue weighted by atomic mass is 9.96. The lowest BCUT2D eigenvalue weighted by Gasteiger charge is -2.14. The van der Waals surface area contributed by atoms with E-state index < -0.39 is 0 Å². The fraction of sp³-hybridized carbons (Fsp3) is 0.381. The Morgan fingerprint density at radius 1 is 0.957 bits per heavy atom. The summed E-state index contributed by atoms with van der Waals surface area (Å²) in [5.74, 6) is 0.515. The Balaban J connectivity index is 2.06. The summed E-state index contributed by atoms with van der Waals surface area (Å²) in [5.41, 5.74) is 5.57. The van der Waals surface area contributed by atoms with Crippen molar-refractivity contribution in [2.24, 2.45) is 5.92 Å². The molecule has 0 aliphatic carbocycles. The molecule has 0 radical (unpaired) electrons. The second kappa shape index (κ2) is 7.45. The minimum absolute atomic E-state index is 0.0339. The van der Waals surface area contributed by atoms with Gasteiger partial charge in [0.1, 0.15) is 0 Å². The van der Waals surface area contributed by atoms with Gasteiger partial charge in [0.25, 0.3) is 0 Å². The molecule has 23 heavy (non-hydrogen) atoms. The van der Waals surface area contributed by atoms with Crippen molar-refractivity contribution in [2.45, 2.75) is 47.0 Å². The van der Waals surface area contributed by atoms with Crippen molar-refractivity contribution < 1.29 is 4.79 Å². The number of anilines is 1. The smallest absolute Gasteiger partial charge is 0.231 e. The zero-order valence-corrected chi connectivity index (χ0v) is 14.8. The van der Waals surface area contributed by atoms with Crippen LogP contribution >= 0.6 is 0 Å². The first-order valence-electron chi connectivity index (χ1n) is 8.33. The third-order valence-electron chi connectivity index (χ3n) is 4.01. The first kappa shape index (κ1) is 17.3. The lowest BCUT2D eigenvalue weighted by molar-refractivity contribution is -0.117. The molecule has 122 valence electrons. The molecule has 0 fully saturated rings. The normalized spacial score (nSPS) is 12.3. The third kappa shape index (κ3) is 4.95. The van der Waals surface area contributed by atoms with Gasteiger partial charge in [-0.3, -0.25) is 4.79 Å². The van der Waals surface area contributed by atoms with Gasteiger partial charge in [-0.15, -0.1) is 0 Å². The lowest BCUT2D eigenvalue weighted by Crippen LogP contribution is -2.19. The molecule has 2 nitrogen and oxygen atoms in total. The summed E-state index contributed by atoms with van der Waals surface area (Å²) in [7, 11) is 0. The number of rotatable bonds is 5. The average molecular weight is 309 g/mol. The predicted molar refractivity (Wildman–Crippen MR) is 97.9 cm³/mol. The quantitative estimate of drug-likeness (QED) is 0.803. The van der Waals surface area contributed by atoms with Crippen LogP contribution in [-0.4, -0.2) is 5.91 Å². The molecule has 0 bridgehead atoms. The fourth-order valence-electron chi connectivity index (χ4n) is 2.86. The number of carbonyl (C=O) groups is 1. The minimum atomic E-state index is -0.163. The Morgan fingerprint density at radius 2 is 1.52 bits per heavy atom. The van der Waals surface area contributed by atoms with Crippen LogP contribution in [0, 0.1) is 19.8 Å². The van der Waals surface area contributed by atoms with E-state index in [2.05, 4.69) is 49.5 Å². The molecular formula is C21H27NO. The Bertz CT molecular complexity index is 650. The van der Waals surface area contributed by atoms with Crippen molar-refractivity contribution >= 4 is 11.6 Å². The Hall–Kier alpha value is -2.09. The molecule has 0 spiro atoms. The third-order valence-corrected chi connectivity index (χ3v) is 4.01. The van der Waals surface area contributed by atoms with E-state index in [-0.39, 0.29) is 11.8 Å². The molecule has 1 atom stereocenters. The van der Waals surface area contributed by atoms with E-state index in [1.807, 2.05) is 32.9 Å². The molecule has 0 aromatic heterocycles. The molecule has 0 unspecified atom stereocenters. The SMILES string of the molecule is Cc1cc(C)cc(NC(=O)[C@H](C)c2ccc(CC(C)C)cc2)c1. The summed E-state index contributed by atoms with van der Waals surface area (Å²) in [6.07, 6.45) is 1.07. The molecule has 1 amide bonds. The van der Waals surface area contributed by atoms with Crippen LogP contribution < -0.4 is 5.32 Å². The first-order chi connectivity index (χ1) is 10.8. The molecule has 2 rings (SSSR count). The van der Waals surface area contributed by atoms with E-state index in [9.17, 15) is 4.79 Å². The number of amides is 1. The highest BCUT2D eigenvalue weighted by molar-refractivity contribution is 5.95. The topological polar surface area (TPSA) is 29.1 Å². The summed E-state index contributed by atoms with van der Waals surface area (Å²) in [4.78, 5) is 12.5. The van der Waals surface area contributed by atoms with Crippen molar-refractivity contribution in [3.8, 4) is 0 Å². The van der Waals surface area contributed by atoms with Gasteiger partial charge in [0.2, 0.25) is 5.91 Å². The molecule has 0 aliphatic rings. The van der Waals surface area contributed by atoms with Gasteiger partial charge >= 0.3 is 0 Å². The minimum Gasteiger partial charge on any atom is -0.326 e. The number of aryl methyl sites for hydroxylation is 2. The van der Waals surface area contributed by atoms with Crippen molar-refractivity contribution in [2.75, 3.05) is 5.32 Å². The number of nitrogens with one attached hydrogen (secondary N) is 1. The maximum absolute atomic E-state index is 12.5. The van der Waals surface area contributed by atoms with Gasteiger partial charge in [-0.25, -0.2) is 0 Å². The zero-order valence-electron chi connectivity index (χ0n) is 14.8. The Labute approximate surface area is 139 Å². The van der Waals surface area contributed by atoms with Crippen LogP contribution in [0.5, 0.6) is 0 Å². The van der Waals surface area contributed by atoms with E-state index in [4.69, 9.17) is 0 Å². The van der Waals surface area contributed by atoms with Crippen molar-refractivity contribution in [1.29, 1.82) is 0 Å². The van der Waals surface area contributed by atoms with Crippen molar-refractivity contribution in [3.05, 3.63) is 64.7 Å². The van der Waals surface area contributed by atoms with Gasteiger partial charge in [-0.05, 0) is 67.5 Å². The zero-order chi connectivity index (χ0) is 17.0. The molecule has 1 N–H and O–H groups in total. The molecule has 0 saturated carbocycles. The van der Waals surface area contributed by atoms with Crippen LogP contribution in [0.3, 0.4) is 0 Å². The number of hydrogen-bond donors (Lipinski definition) is 1. The second-order valence-electron chi connectivity index (χ2n) is 6.93. The predicted octanol–water partition coefficient (Wildman–Crippen LogP) is 5.24. The van der Waals surface area contributed by atoms with Gasteiger partial charge in [0, 0.05) is 5.69 Å². The van der Waals surface area contributed by atoms with E-state index in [1.54, 1.807) is 0 Å². The standard InChI is InChI=1S/C21H27NO/c1-14(2)10-18-6-8-19(9-7-18)17(5)21(23)22-20-12-15(3)11-16(4)13-20/h6-9,11-14,17H,10H2,1-5H3,(H,22,23)/t17-/m1/s1. The Kier molecular flexibility index (Phi) is 5.59. The van der Waals surface area contributed by atoms with Gasteiger partial charge < -0.3 is 5.32 Å². The van der Waals surface area contributed by atoms with Gasteiger partial charge in [0.15, 0.2) is 0 Å². The van der Waals surface area contributed by atoms with Crippen LogP contribution in [0.15, 0.2) is 42.5 Å². The number of benzene rings is 2. The summed E-state index contributed by atoms with van der Waals surface area (Å²) >= 11 is 0. The highest BCUT2D eigenvalue weighted by Gasteiger charge is 2.15. The van der Waals surface area contributed by atoms with Crippen LogP contribution in [0.4, 0.5) is 5.69 Å². The molecule has 2 heteroatoms. The first-order valence-corrected chi connectivity index (χ1v) is 8.33. The molecular weight excluding hydrogens is 282 g/mol. The fourth-order valence-corrected chi connectivity index (χ4v) is 2.86. The van der Waals surface area contributed by atoms with Gasteiger partial charge in [-0.1, -0.05) is 44.2 Å². The largest absolute Gasteiger partial charge is 0.326 e. The van der Waals surface area contributed by atoms with Gasteiger partial charge in [0.05, 0.1) is 5.92 Å². The summed E-state index contributed by atoms with van der Waals surface area (Å²) in [6.45, 7) is 10.5. The highest BCUT2D eigenvalue weighted by atomic mass is 16.1. The van der Waals surface area contributed by atoms with Crippen LogP contribution in [0.2, 0.25) is 0 Å². The molecule has 0 heterocycles. The van der Waals surface area contributed by atoms with E-state index in [0.29, 0.717) is 5.92 Å². The maximum atomic E-state index is 12.5. The number of carbonyl (C=O) groups excluding carboxylic acids is 1. The van der Waals surface area contributed by atoms with Gasteiger partial charge in [-0.2, -0.15) is 0 Å².